The highest BCUT2D eigenvalue weighted by Crippen LogP contribution is 2.55. The molecule has 3 aliphatic rings. The van der Waals surface area contributed by atoms with Gasteiger partial charge in [-0.3, -0.25) is 19.9 Å². The highest BCUT2D eigenvalue weighted by atomic mass is 32.2. The van der Waals surface area contributed by atoms with Gasteiger partial charge < -0.3 is 25.6 Å². The van der Waals surface area contributed by atoms with Gasteiger partial charge in [-0.1, -0.05) is 11.8 Å². The molecular weight excluding hydrogens is 396 g/mol. The lowest BCUT2D eigenvalue weighted by Crippen LogP contribution is -2.60. The lowest BCUT2D eigenvalue weighted by atomic mass is 9.93. The number of hydrogen-bond acceptors (Lipinski definition) is 8. The number of likely N-dealkylation sites (tertiary alicyclic amines) is 1. The lowest BCUT2D eigenvalue weighted by molar-refractivity contribution is -0.155. The highest BCUT2D eigenvalue weighted by molar-refractivity contribution is 8.23. The summed E-state index contributed by atoms with van der Waals surface area (Å²) in [5, 5.41) is 26.1. The van der Waals surface area contributed by atoms with Crippen LogP contribution in [0.25, 0.3) is 0 Å². The van der Waals surface area contributed by atoms with Crippen LogP contribution in [0.5, 0.6) is 0 Å². The van der Waals surface area contributed by atoms with Gasteiger partial charge in [0, 0.05) is 11.8 Å². The van der Waals surface area contributed by atoms with E-state index >= 15 is 0 Å². The van der Waals surface area contributed by atoms with Crippen molar-refractivity contribution < 1.29 is 29.3 Å². The Hall–Kier alpha value is -1.92. The maximum Gasteiger partial charge on any atom is 0.512 e. The first-order valence-electron chi connectivity index (χ1n) is 8.22. The second-order valence-corrected chi connectivity index (χ2v) is 9.27. The van der Waals surface area contributed by atoms with Crippen molar-refractivity contribution in [2.45, 2.75) is 43.0 Å². The SMILES string of the molecule is CC(=N)N1CC(SC2=C(OC(=O)O)N3C(=O)[C@H]([C@@H](C)O)[C@H]3S2)CC1C(N)=O. The molecule has 0 aromatic heterocycles. The van der Waals surface area contributed by atoms with E-state index < -0.39 is 35.5 Å². The average Bonchev–Trinajstić information content (AvgIpc) is 3.07. The summed E-state index contributed by atoms with van der Waals surface area (Å²) >= 11 is 2.57. The number of nitrogens with one attached hydrogen (secondary N) is 1. The number of carbonyl (C=O) groups excluding carboxylic acids is 2. The summed E-state index contributed by atoms with van der Waals surface area (Å²) in [7, 11) is 0. The fraction of sp³-hybridized carbons (Fsp3) is 0.600. The molecule has 3 heterocycles. The molecular formula is C15H20N4O6S2. The fourth-order valence-corrected chi connectivity index (χ4v) is 6.70. The Morgan fingerprint density at radius 3 is 2.63 bits per heavy atom. The molecule has 2 fully saturated rings. The Morgan fingerprint density at radius 1 is 1.48 bits per heavy atom. The summed E-state index contributed by atoms with van der Waals surface area (Å²) in [6.07, 6.45) is -1.99. The van der Waals surface area contributed by atoms with Crippen molar-refractivity contribution in [2.24, 2.45) is 11.7 Å². The van der Waals surface area contributed by atoms with E-state index in [4.69, 9.17) is 21.0 Å². The van der Waals surface area contributed by atoms with E-state index in [1.165, 1.54) is 35.3 Å². The van der Waals surface area contributed by atoms with E-state index in [1.54, 1.807) is 11.8 Å². The summed E-state index contributed by atoms with van der Waals surface area (Å²) in [4.78, 5) is 37.9. The molecule has 0 radical (unpaired) electrons. The fourth-order valence-electron chi connectivity index (χ4n) is 3.46. The molecule has 2 unspecified atom stereocenters. The van der Waals surface area contributed by atoms with E-state index in [9.17, 15) is 19.5 Å². The zero-order valence-corrected chi connectivity index (χ0v) is 16.2. The third-order valence-corrected chi connectivity index (χ3v) is 7.48. The number of carbonyl (C=O) groups is 3. The molecule has 2 amide bonds. The standard InChI is InChI=1S/C15H20N4O6S2/c1-5(20)9-11(22)19-12(25-15(23)24)14(27-13(9)19)26-7-3-8(10(17)21)18(4-7)6(2)16/h5,7-9,13,16,20H,3-4H2,1-2H3,(H2,17,21)(H,23,24)/t5-,7?,8?,9+,13-/m1/s1. The minimum absolute atomic E-state index is 0.0509. The van der Waals surface area contributed by atoms with Crippen LogP contribution >= 0.6 is 23.5 Å². The Kier molecular flexibility index (Phi) is 5.32. The van der Waals surface area contributed by atoms with Gasteiger partial charge in [0.15, 0.2) is 0 Å². The Labute approximate surface area is 163 Å². The van der Waals surface area contributed by atoms with E-state index in [-0.39, 0.29) is 22.9 Å². The van der Waals surface area contributed by atoms with Crippen LogP contribution in [-0.2, 0) is 14.3 Å². The van der Waals surface area contributed by atoms with Crippen LogP contribution in [0.4, 0.5) is 4.79 Å². The first kappa shape index (κ1) is 19.8. The molecule has 3 rings (SSSR count). The molecule has 10 nitrogen and oxygen atoms in total. The maximum absolute atomic E-state index is 12.3. The van der Waals surface area contributed by atoms with E-state index in [2.05, 4.69) is 0 Å². The smallest absolute Gasteiger partial charge is 0.449 e. The van der Waals surface area contributed by atoms with Crippen LogP contribution in [0.15, 0.2) is 10.1 Å². The Bertz CT molecular complexity index is 720. The minimum atomic E-state index is -1.53. The van der Waals surface area contributed by atoms with Crippen LogP contribution in [-0.4, -0.2) is 73.1 Å². The molecule has 5 atom stereocenters. The number of nitrogens with two attached hydrogens (primary N) is 1. The number of hydrogen-bond donors (Lipinski definition) is 4. The number of β-lactam (4-membered cyclic amide) rings is 1. The summed E-state index contributed by atoms with van der Waals surface area (Å²) in [5.41, 5.74) is 5.43. The van der Waals surface area contributed by atoms with Crippen molar-refractivity contribution in [2.75, 3.05) is 6.54 Å². The van der Waals surface area contributed by atoms with Gasteiger partial charge in [0.2, 0.25) is 17.7 Å². The van der Waals surface area contributed by atoms with Gasteiger partial charge in [-0.15, -0.1) is 11.8 Å². The van der Waals surface area contributed by atoms with Crippen molar-refractivity contribution in [3.05, 3.63) is 10.1 Å². The van der Waals surface area contributed by atoms with Crippen LogP contribution < -0.4 is 5.73 Å². The third-order valence-electron chi connectivity index (χ3n) is 4.70. The second kappa shape index (κ2) is 7.24. The predicted molar refractivity (Wildman–Crippen MR) is 98.6 cm³/mol. The molecule has 0 bridgehead atoms. The topological polar surface area (TPSA) is 157 Å². The quantitative estimate of drug-likeness (QED) is 0.215. The first-order valence-corrected chi connectivity index (χ1v) is 9.98. The molecule has 12 heteroatoms. The monoisotopic (exact) mass is 416 g/mol. The van der Waals surface area contributed by atoms with Gasteiger partial charge in [0.05, 0.1) is 17.9 Å². The van der Waals surface area contributed by atoms with Gasteiger partial charge >= 0.3 is 6.16 Å². The van der Waals surface area contributed by atoms with Gasteiger partial charge in [0.25, 0.3) is 0 Å². The zero-order chi connectivity index (χ0) is 20.0. The second-order valence-electron chi connectivity index (χ2n) is 6.58. The summed E-state index contributed by atoms with van der Waals surface area (Å²) in [5.74, 6) is -1.35. The third kappa shape index (κ3) is 3.48. The minimum Gasteiger partial charge on any atom is -0.449 e. The van der Waals surface area contributed by atoms with Crippen LogP contribution in [0.3, 0.4) is 0 Å². The Morgan fingerprint density at radius 2 is 2.15 bits per heavy atom. The molecule has 3 aliphatic heterocycles. The van der Waals surface area contributed by atoms with Crippen LogP contribution in [0.2, 0.25) is 0 Å². The molecule has 27 heavy (non-hydrogen) atoms. The van der Waals surface area contributed by atoms with Crippen molar-refractivity contribution in [3.8, 4) is 0 Å². The van der Waals surface area contributed by atoms with Gasteiger partial charge in [-0.2, -0.15) is 0 Å². The molecule has 0 aliphatic carbocycles. The number of fused-ring (bicyclic) bond motifs is 1. The number of rotatable bonds is 5. The summed E-state index contributed by atoms with van der Waals surface area (Å²) in [6.45, 7) is 3.49. The van der Waals surface area contributed by atoms with Crippen LogP contribution in [0.1, 0.15) is 20.3 Å². The molecule has 5 N–H and O–H groups in total. The molecule has 0 saturated carbocycles. The van der Waals surface area contributed by atoms with Crippen molar-refractivity contribution in [3.63, 3.8) is 0 Å². The van der Waals surface area contributed by atoms with Gasteiger partial charge in [-0.25, -0.2) is 4.79 Å². The number of amidine groups is 1. The average molecular weight is 416 g/mol. The van der Waals surface area contributed by atoms with E-state index in [0.717, 1.165) is 0 Å². The molecule has 0 aromatic carbocycles. The number of aliphatic hydroxyl groups is 1. The summed E-state index contributed by atoms with van der Waals surface area (Å²) < 4.78 is 5.36. The van der Waals surface area contributed by atoms with Gasteiger partial charge in [0.1, 0.15) is 15.7 Å². The summed E-state index contributed by atoms with van der Waals surface area (Å²) in [6, 6.07) is -0.597. The van der Waals surface area contributed by atoms with E-state index in [1.807, 2.05) is 0 Å². The number of nitrogens with zero attached hydrogens (tertiary/aromatic N) is 2. The zero-order valence-electron chi connectivity index (χ0n) is 14.6. The normalized spacial score (nSPS) is 30.9. The first-order chi connectivity index (χ1) is 12.6. The number of amides is 2. The van der Waals surface area contributed by atoms with Crippen LogP contribution in [0, 0.1) is 11.3 Å². The van der Waals surface area contributed by atoms with Gasteiger partial charge in [-0.05, 0) is 20.3 Å². The molecule has 2 saturated heterocycles. The van der Waals surface area contributed by atoms with Crippen molar-refractivity contribution >= 4 is 47.3 Å². The Balaban J connectivity index is 1.80. The number of carboxylic acid groups (broad SMARTS) is 1. The van der Waals surface area contributed by atoms with Crippen molar-refractivity contribution in [1.29, 1.82) is 5.41 Å². The number of primary amides is 1. The number of ether oxygens (including phenoxy) is 1. The largest absolute Gasteiger partial charge is 0.512 e. The number of thioether (sulfide) groups is 2. The maximum atomic E-state index is 12.3. The number of aliphatic hydroxyl groups excluding tert-OH is 1. The predicted octanol–water partition coefficient (Wildman–Crippen LogP) is 0.378. The highest BCUT2D eigenvalue weighted by Gasteiger charge is 2.58. The molecule has 148 valence electrons. The lowest BCUT2D eigenvalue weighted by Gasteiger charge is -2.43. The van der Waals surface area contributed by atoms with Crippen molar-refractivity contribution in [1.82, 2.24) is 9.80 Å². The van der Waals surface area contributed by atoms with E-state index in [0.29, 0.717) is 17.2 Å². The molecule has 0 aromatic rings. The molecule has 0 spiro atoms.